The molecule has 0 bridgehead atoms. The molecule has 0 aromatic heterocycles. The summed E-state index contributed by atoms with van der Waals surface area (Å²) in [6, 6.07) is 2.10. The van der Waals surface area contributed by atoms with E-state index in [1.165, 1.54) is 14.0 Å². The monoisotopic (exact) mass is 292 g/mol. The van der Waals surface area contributed by atoms with Crippen molar-refractivity contribution >= 4 is 15.7 Å². The zero-order chi connectivity index (χ0) is 14.6. The molecular formula is C11H17FN2O4S. The minimum absolute atomic E-state index is 0.00700. The maximum absolute atomic E-state index is 13.2. The lowest BCUT2D eigenvalue weighted by Gasteiger charge is -2.13. The molecule has 8 heteroatoms. The summed E-state index contributed by atoms with van der Waals surface area (Å²) < 4.78 is 44.0. The van der Waals surface area contributed by atoms with Crippen LogP contribution in [0.4, 0.5) is 10.1 Å². The van der Waals surface area contributed by atoms with Crippen molar-refractivity contribution in [3.8, 4) is 0 Å². The first-order valence-electron chi connectivity index (χ1n) is 5.50. The smallest absolute Gasteiger partial charge is 0.240 e. The lowest BCUT2D eigenvalue weighted by Crippen LogP contribution is -2.34. The Labute approximate surface area is 111 Å². The molecule has 4 N–H and O–H groups in total. The fraction of sp³-hybridized carbons (Fsp3) is 0.455. The maximum atomic E-state index is 13.2. The molecule has 1 rings (SSSR count). The lowest BCUT2D eigenvalue weighted by atomic mass is 10.2. The van der Waals surface area contributed by atoms with E-state index >= 15 is 0 Å². The van der Waals surface area contributed by atoms with Gasteiger partial charge in [0.2, 0.25) is 10.0 Å². The second-order valence-electron chi connectivity index (χ2n) is 4.10. The van der Waals surface area contributed by atoms with E-state index in [-0.39, 0.29) is 29.3 Å². The number of methoxy groups -OCH3 is 1. The van der Waals surface area contributed by atoms with Crippen LogP contribution in [-0.4, -0.2) is 39.9 Å². The molecule has 108 valence electrons. The van der Waals surface area contributed by atoms with Crippen molar-refractivity contribution in [1.82, 2.24) is 4.72 Å². The number of benzene rings is 1. The Morgan fingerprint density at radius 1 is 1.53 bits per heavy atom. The van der Waals surface area contributed by atoms with E-state index in [4.69, 9.17) is 5.73 Å². The number of aryl methyl sites for hydroxylation is 1. The Kier molecular flexibility index (Phi) is 5.24. The van der Waals surface area contributed by atoms with Gasteiger partial charge >= 0.3 is 0 Å². The van der Waals surface area contributed by atoms with Crippen molar-refractivity contribution in [2.24, 2.45) is 0 Å². The van der Waals surface area contributed by atoms with Crippen LogP contribution in [0.5, 0.6) is 0 Å². The van der Waals surface area contributed by atoms with Gasteiger partial charge in [0, 0.05) is 13.7 Å². The van der Waals surface area contributed by atoms with E-state index in [0.29, 0.717) is 0 Å². The Balaban J connectivity index is 2.92. The SMILES string of the molecule is COCC(O)CNS(=O)(=O)c1cc(N)c(F)cc1C. The predicted molar refractivity (Wildman–Crippen MR) is 68.6 cm³/mol. The summed E-state index contributed by atoms with van der Waals surface area (Å²) in [6.07, 6.45) is -0.960. The molecule has 1 aromatic rings. The molecule has 0 aliphatic carbocycles. The first-order chi connectivity index (χ1) is 8.77. The van der Waals surface area contributed by atoms with Crippen LogP contribution in [0.15, 0.2) is 17.0 Å². The van der Waals surface area contributed by atoms with E-state index < -0.39 is 21.9 Å². The predicted octanol–water partition coefficient (Wildman–Crippen LogP) is 0.00192. The number of aliphatic hydroxyl groups excluding tert-OH is 1. The first-order valence-corrected chi connectivity index (χ1v) is 6.98. The zero-order valence-electron chi connectivity index (χ0n) is 10.7. The molecule has 0 saturated heterocycles. The van der Waals surface area contributed by atoms with Gasteiger partial charge in [0.1, 0.15) is 5.82 Å². The van der Waals surface area contributed by atoms with Gasteiger partial charge in [0.15, 0.2) is 0 Å². The Morgan fingerprint density at radius 2 is 2.16 bits per heavy atom. The fourth-order valence-electron chi connectivity index (χ4n) is 1.49. The van der Waals surface area contributed by atoms with E-state index in [9.17, 15) is 17.9 Å². The molecule has 0 amide bonds. The van der Waals surface area contributed by atoms with Crippen molar-refractivity contribution in [1.29, 1.82) is 0 Å². The van der Waals surface area contributed by atoms with Crippen LogP contribution in [0.3, 0.4) is 0 Å². The maximum Gasteiger partial charge on any atom is 0.240 e. The third kappa shape index (κ3) is 4.13. The number of hydrogen-bond acceptors (Lipinski definition) is 5. The van der Waals surface area contributed by atoms with Crippen LogP contribution < -0.4 is 10.5 Å². The number of anilines is 1. The van der Waals surface area contributed by atoms with Crippen LogP contribution in [0.25, 0.3) is 0 Å². The minimum Gasteiger partial charge on any atom is -0.396 e. The standard InChI is InChI=1S/C11H17FN2O4S/c1-7-3-9(12)10(13)4-11(7)19(16,17)14-5-8(15)6-18-2/h3-4,8,14-15H,5-6,13H2,1-2H3. The average molecular weight is 292 g/mol. The van der Waals surface area contributed by atoms with Gasteiger partial charge in [0.05, 0.1) is 23.3 Å². The van der Waals surface area contributed by atoms with E-state index in [0.717, 1.165) is 12.1 Å². The Hall–Kier alpha value is -1.22. The molecule has 1 unspecified atom stereocenters. The fourth-order valence-corrected chi connectivity index (χ4v) is 2.83. The number of rotatable bonds is 6. The van der Waals surface area contributed by atoms with Gasteiger partial charge in [-0.05, 0) is 24.6 Å². The summed E-state index contributed by atoms with van der Waals surface area (Å²) in [7, 11) is -2.46. The molecule has 1 atom stereocenters. The summed E-state index contributed by atoms with van der Waals surface area (Å²) in [5, 5.41) is 9.39. The molecule has 1 aromatic carbocycles. The van der Waals surface area contributed by atoms with Gasteiger partial charge in [-0.3, -0.25) is 0 Å². The van der Waals surface area contributed by atoms with E-state index in [1.54, 1.807) is 0 Å². The highest BCUT2D eigenvalue weighted by Gasteiger charge is 2.19. The van der Waals surface area contributed by atoms with Crippen LogP contribution in [0.1, 0.15) is 5.56 Å². The highest BCUT2D eigenvalue weighted by molar-refractivity contribution is 7.89. The van der Waals surface area contributed by atoms with Crippen molar-refractivity contribution in [2.45, 2.75) is 17.9 Å². The highest BCUT2D eigenvalue weighted by Crippen LogP contribution is 2.21. The molecule has 0 heterocycles. The van der Waals surface area contributed by atoms with E-state index in [1.807, 2.05) is 0 Å². The van der Waals surface area contributed by atoms with Gasteiger partial charge in [-0.25, -0.2) is 17.5 Å². The number of sulfonamides is 1. The third-order valence-electron chi connectivity index (χ3n) is 2.45. The molecule has 0 aliphatic rings. The molecule has 0 aliphatic heterocycles. The van der Waals surface area contributed by atoms with Gasteiger partial charge in [0.25, 0.3) is 0 Å². The summed E-state index contributed by atoms with van der Waals surface area (Å²) in [5.74, 6) is -0.670. The molecule has 0 radical (unpaired) electrons. The van der Waals surface area contributed by atoms with Crippen LogP contribution in [-0.2, 0) is 14.8 Å². The lowest BCUT2D eigenvalue weighted by molar-refractivity contribution is 0.0679. The Bertz CT molecular complexity index is 548. The molecule has 6 nitrogen and oxygen atoms in total. The molecule has 0 fully saturated rings. The molecule has 0 spiro atoms. The summed E-state index contributed by atoms with van der Waals surface area (Å²) in [6.45, 7) is 1.27. The third-order valence-corrected chi connectivity index (χ3v) is 4.02. The number of nitrogen functional groups attached to an aromatic ring is 1. The zero-order valence-corrected chi connectivity index (χ0v) is 11.5. The second-order valence-corrected chi connectivity index (χ2v) is 5.84. The molecule has 19 heavy (non-hydrogen) atoms. The summed E-state index contributed by atoms with van der Waals surface area (Å²) >= 11 is 0. The number of ether oxygens (including phenoxy) is 1. The quantitative estimate of drug-likeness (QED) is 0.641. The van der Waals surface area contributed by atoms with E-state index in [2.05, 4.69) is 9.46 Å². The number of nitrogens with two attached hydrogens (primary N) is 1. The van der Waals surface area contributed by atoms with Gasteiger partial charge in [-0.15, -0.1) is 0 Å². The van der Waals surface area contributed by atoms with Gasteiger partial charge in [-0.2, -0.15) is 0 Å². The molecular weight excluding hydrogens is 275 g/mol. The second kappa shape index (κ2) is 6.29. The number of halogens is 1. The largest absolute Gasteiger partial charge is 0.396 e. The summed E-state index contributed by atoms with van der Waals surface area (Å²) in [5.41, 5.74) is 5.34. The number of nitrogens with one attached hydrogen (secondary N) is 1. The number of aliphatic hydroxyl groups is 1. The molecule has 0 saturated carbocycles. The Morgan fingerprint density at radius 3 is 2.74 bits per heavy atom. The van der Waals surface area contributed by atoms with Crippen molar-refractivity contribution in [3.63, 3.8) is 0 Å². The van der Waals surface area contributed by atoms with Crippen molar-refractivity contribution < 1.29 is 22.7 Å². The van der Waals surface area contributed by atoms with Gasteiger partial charge < -0.3 is 15.6 Å². The minimum atomic E-state index is -3.86. The van der Waals surface area contributed by atoms with Crippen molar-refractivity contribution in [2.75, 3.05) is 26.0 Å². The van der Waals surface area contributed by atoms with Crippen LogP contribution in [0.2, 0.25) is 0 Å². The topological polar surface area (TPSA) is 102 Å². The number of hydrogen-bond donors (Lipinski definition) is 3. The van der Waals surface area contributed by atoms with Crippen LogP contribution in [0, 0.1) is 12.7 Å². The van der Waals surface area contributed by atoms with Crippen molar-refractivity contribution in [3.05, 3.63) is 23.5 Å². The first kappa shape index (κ1) is 15.8. The van der Waals surface area contributed by atoms with Gasteiger partial charge in [-0.1, -0.05) is 0 Å². The highest BCUT2D eigenvalue weighted by atomic mass is 32.2. The van der Waals surface area contributed by atoms with Crippen LogP contribution >= 0.6 is 0 Å². The normalized spacial score (nSPS) is 13.5. The average Bonchev–Trinajstić information content (AvgIpc) is 2.31. The summed E-state index contributed by atoms with van der Waals surface area (Å²) in [4.78, 5) is -0.115.